The van der Waals surface area contributed by atoms with Gasteiger partial charge < -0.3 is 10.4 Å². The molecule has 0 saturated carbocycles. The minimum Gasteiger partial charge on any atom is -0.506 e. The van der Waals surface area contributed by atoms with Gasteiger partial charge in [-0.15, -0.1) is 0 Å². The van der Waals surface area contributed by atoms with E-state index >= 15 is 0 Å². The molecule has 2 aromatic carbocycles. The highest BCUT2D eigenvalue weighted by Crippen LogP contribution is 2.41. The second-order valence-electron chi connectivity index (χ2n) is 7.30. The van der Waals surface area contributed by atoms with Gasteiger partial charge in [0.05, 0.1) is 12.0 Å². The highest BCUT2D eigenvalue weighted by molar-refractivity contribution is 6.33. The molecule has 1 aliphatic rings. The zero-order valence-corrected chi connectivity index (χ0v) is 16.6. The summed E-state index contributed by atoms with van der Waals surface area (Å²) in [5.74, 6) is -1.91. The van der Waals surface area contributed by atoms with Crippen molar-refractivity contribution in [3.8, 4) is 11.1 Å². The van der Waals surface area contributed by atoms with Gasteiger partial charge in [0, 0.05) is 16.1 Å². The predicted octanol–water partition coefficient (Wildman–Crippen LogP) is 3.84. The number of benzene rings is 2. The van der Waals surface area contributed by atoms with Gasteiger partial charge in [-0.3, -0.25) is 14.4 Å². The number of Topliss-reactive ketones (excluding diaryl/α,β-unsaturated/α-hetero) is 2. The summed E-state index contributed by atoms with van der Waals surface area (Å²) < 4.78 is 0. The largest absolute Gasteiger partial charge is 0.506 e. The molecule has 6 heteroatoms. The van der Waals surface area contributed by atoms with Gasteiger partial charge in [0.1, 0.15) is 17.1 Å². The van der Waals surface area contributed by atoms with Gasteiger partial charge in [0.25, 0.3) is 5.91 Å². The quantitative estimate of drug-likeness (QED) is 0.768. The molecule has 0 spiro atoms. The van der Waals surface area contributed by atoms with Crippen molar-refractivity contribution in [3.05, 3.63) is 64.2 Å². The Morgan fingerprint density at radius 1 is 1.11 bits per heavy atom. The zero-order chi connectivity index (χ0) is 20.6. The van der Waals surface area contributed by atoms with Crippen LogP contribution in [0.15, 0.2) is 48.0 Å². The Balaban J connectivity index is 2.16. The molecule has 28 heavy (non-hydrogen) atoms. The van der Waals surface area contributed by atoms with E-state index in [0.29, 0.717) is 16.1 Å². The first kappa shape index (κ1) is 19.8. The molecule has 0 atom stereocenters. The van der Waals surface area contributed by atoms with Crippen LogP contribution >= 0.6 is 11.6 Å². The van der Waals surface area contributed by atoms with Crippen molar-refractivity contribution in [1.29, 1.82) is 0 Å². The molecule has 3 rings (SSSR count). The van der Waals surface area contributed by atoms with Gasteiger partial charge in [0.2, 0.25) is 0 Å². The summed E-state index contributed by atoms with van der Waals surface area (Å²) in [5.41, 5.74) is 1.20. The van der Waals surface area contributed by atoms with Gasteiger partial charge in [-0.1, -0.05) is 41.9 Å². The summed E-state index contributed by atoms with van der Waals surface area (Å²) in [5, 5.41) is 13.7. The third kappa shape index (κ3) is 3.34. The van der Waals surface area contributed by atoms with Crippen LogP contribution in [-0.4, -0.2) is 29.1 Å². The Kier molecular flexibility index (Phi) is 5.13. The molecule has 0 aromatic heterocycles. The molecule has 0 bridgehead atoms. The van der Waals surface area contributed by atoms with Crippen molar-refractivity contribution in [2.24, 2.45) is 0 Å². The van der Waals surface area contributed by atoms with E-state index in [1.165, 1.54) is 6.92 Å². The van der Waals surface area contributed by atoms with Gasteiger partial charge >= 0.3 is 0 Å². The van der Waals surface area contributed by atoms with Crippen LogP contribution in [0.2, 0.25) is 5.02 Å². The van der Waals surface area contributed by atoms with Crippen molar-refractivity contribution in [3.63, 3.8) is 0 Å². The molecule has 0 aliphatic heterocycles. The number of amides is 1. The van der Waals surface area contributed by atoms with Gasteiger partial charge in [-0.25, -0.2) is 0 Å². The molecule has 144 valence electrons. The predicted molar refractivity (Wildman–Crippen MR) is 108 cm³/mol. The van der Waals surface area contributed by atoms with Gasteiger partial charge in [-0.05, 0) is 44.0 Å². The lowest BCUT2D eigenvalue weighted by Crippen LogP contribution is -2.42. The first-order valence-electron chi connectivity index (χ1n) is 8.80. The number of hydrogen-bond acceptors (Lipinski definition) is 4. The second kappa shape index (κ2) is 7.24. The van der Waals surface area contributed by atoms with Crippen LogP contribution in [0, 0.1) is 0 Å². The van der Waals surface area contributed by atoms with E-state index in [1.54, 1.807) is 32.0 Å². The summed E-state index contributed by atoms with van der Waals surface area (Å²) in [7, 11) is 0. The topological polar surface area (TPSA) is 83.5 Å². The van der Waals surface area contributed by atoms with E-state index in [0.717, 1.165) is 11.1 Å². The highest BCUT2D eigenvalue weighted by Gasteiger charge is 2.43. The number of rotatable bonds is 4. The lowest BCUT2D eigenvalue weighted by atomic mass is 9.70. The normalized spacial score (nSPS) is 15.2. The summed E-state index contributed by atoms with van der Waals surface area (Å²) in [4.78, 5) is 36.6. The summed E-state index contributed by atoms with van der Waals surface area (Å²) >= 11 is 6.28. The minimum absolute atomic E-state index is 0.212. The van der Waals surface area contributed by atoms with E-state index in [1.807, 2.05) is 24.3 Å². The van der Waals surface area contributed by atoms with Crippen LogP contribution < -0.4 is 5.32 Å². The van der Waals surface area contributed by atoms with E-state index in [2.05, 4.69) is 5.32 Å². The maximum atomic E-state index is 12.9. The molecule has 1 amide bonds. The average Bonchev–Trinajstić information content (AvgIpc) is 2.65. The maximum absolute atomic E-state index is 12.9. The van der Waals surface area contributed by atoms with Crippen molar-refractivity contribution in [2.75, 3.05) is 6.54 Å². The monoisotopic (exact) mass is 397 g/mol. The van der Waals surface area contributed by atoms with Crippen LogP contribution in [0.1, 0.15) is 31.9 Å². The van der Waals surface area contributed by atoms with Crippen molar-refractivity contribution in [2.45, 2.75) is 26.2 Å². The Bertz CT molecular complexity index is 1040. The molecule has 0 fully saturated rings. The number of carbonyl (C=O) groups is 3. The first-order chi connectivity index (χ1) is 13.1. The van der Waals surface area contributed by atoms with Gasteiger partial charge in [-0.2, -0.15) is 0 Å². The summed E-state index contributed by atoms with van der Waals surface area (Å²) in [6.45, 7) is 4.52. The fourth-order valence-corrected chi connectivity index (χ4v) is 3.57. The molecule has 0 unspecified atom stereocenters. The van der Waals surface area contributed by atoms with E-state index in [4.69, 9.17) is 11.6 Å². The molecule has 2 N–H and O–H groups in total. The number of aliphatic hydroxyl groups excluding tert-OH is 1. The number of halogens is 1. The van der Waals surface area contributed by atoms with Crippen LogP contribution in [0.4, 0.5) is 0 Å². The first-order valence-corrected chi connectivity index (χ1v) is 9.18. The smallest absolute Gasteiger partial charge is 0.259 e. The van der Waals surface area contributed by atoms with Gasteiger partial charge in [0.15, 0.2) is 5.78 Å². The lowest BCUT2D eigenvalue weighted by molar-refractivity contribution is -0.126. The fourth-order valence-electron chi connectivity index (χ4n) is 3.33. The SMILES string of the molecule is CC(=O)CNC(=O)C1=C(O)c2cc(-c3ccccc3Cl)ccc2C(C)(C)C1=O. The van der Waals surface area contributed by atoms with Crippen molar-refractivity contribution < 1.29 is 19.5 Å². The van der Waals surface area contributed by atoms with E-state index < -0.39 is 22.9 Å². The molecule has 0 heterocycles. The molecular weight excluding hydrogens is 378 g/mol. The number of carbonyl (C=O) groups excluding carboxylic acids is 3. The standard InChI is InChI=1S/C22H20ClNO4/c1-12(25)11-24-21(28)18-19(26)15-10-13(14-6-4-5-7-17(14)23)8-9-16(15)22(2,3)20(18)27/h4-10,26H,11H2,1-3H3,(H,24,28). The number of ketones is 2. The van der Waals surface area contributed by atoms with Crippen LogP contribution in [0.5, 0.6) is 0 Å². The number of nitrogens with one attached hydrogen (secondary N) is 1. The molecule has 0 radical (unpaired) electrons. The molecular formula is C22H20ClNO4. The highest BCUT2D eigenvalue weighted by atomic mass is 35.5. The maximum Gasteiger partial charge on any atom is 0.259 e. The minimum atomic E-state index is -1.01. The number of fused-ring (bicyclic) bond motifs is 1. The van der Waals surface area contributed by atoms with Crippen LogP contribution in [0.3, 0.4) is 0 Å². The molecule has 1 aliphatic carbocycles. The summed E-state index contributed by atoms with van der Waals surface area (Å²) in [6.07, 6.45) is 0. The van der Waals surface area contributed by atoms with E-state index in [-0.39, 0.29) is 17.9 Å². The van der Waals surface area contributed by atoms with E-state index in [9.17, 15) is 19.5 Å². The number of hydrogen-bond donors (Lipinski definition) is 2. The average molecular weight is 398 g/mol. The molecule has 5 nitrogen and oxygen atoms in total. The Morgan fingerprint density at radius 3 is 2.43 bits per heavy atom. The summed E-state index contributed by atoms with van der Waals surface area (Å²) in [6, 6.07) is 12.6. The molecule has 0 saturated heterocycles. The number of aliphatic hydroxyl groups is 1. The van der Waals surface area contributed by atoms with Crippen LogP contribution in [0.25, 0.3) is 16.9 Å². The third-order valence-corrected chi connectivity index (χ3v) is 5.22. The Morgan fingerprint density at radius 2 is 1.79 bits per heavy atom. The second-order valence-corrected chi connectivity index (χ2v) is 7.71. The van der Waals surface area contributed by atoms with Crippen molar-refractivity contribution in [1.82, 2.24) is 5.32 Å². The zero-order valence-electron chi connectivity index (χ0n) is 15.8. The van der Waals surface area contributed by atoms with Crippen molar-refractivity contribution >= 4 is 34.8 Å². The third-order valence-electron chi connectivity index (χ3n) is 4.89. The Labute approximate surface area is 168 Å². The Hall–Kier alpha value is -2.92. The fraction of sp³-hybridized carbons (Fsp3) is 0.227. The molecule has 2 aromatic rings. The lowest BCUT2D eigenvalue weighted by Gasteiger charge is -2.32. The van der Waals surface area contributed by atoms with Crippen LogP contribution in [-0.2, 0) is 19.8 Å².